The van der Waals surface area contributed by atoms with Gasteiger partial charge in [0.2, 0.25) is 5.91 Å². The molecule has 0 spiro atoms. The Labute approximate surface area is 172 Å². The number of anilines is 1. The summed E-state index contributed by atoms with van der Waals surface area (Å²) in [7, 11) is 0. The highest BCUT2D eigenvalue weighted by atomic mass is 35.5. The van der Waals surface area contributed by atoms with Gasteiger partial charge in [-0.25, -0.2) is 9.97 Å². The summed E-state index contributed by atoms with van der Waals surface area (Å²) in [6, 6.07) is 7.91. The van der Waals surface area contributed by atoms with Gasteiger partial charge in [0.15, 0.2) is 0 Å². The van der Waals surface area contributed by atoms with Crippen molar-refractivity contribution in [2.45, 2.75) is 40.5 Å². The molecule has 5 nitrogen and oxygen atoms in total. The summed E-state index contributed by atoms with van der Waals surface area (Å²) in [5, 5.41) is 0.762. The first-order valence-corrected chi connectivity index (χ1v) is 10.3. The molecule has 0 N–H and O–H groups in total. The summed E-state index contributed by atoms with van der Waals surface area (Å²) in [6.45, 7) is 11.2. The molecule has 0 radical (unpaired) electrons. The van der Waals surface area contributed by atoms with Crippen LogP contribution < -0.4 is 4.90 Å². The van der Waals surface area contributed by atoms with Gasteiger partial charge in [0, 0.05) is 55.3 Å². The number of rotatable bonds is 5. The van der Waals surface area contributed by atoms with Crippen LogP contribution in [0.3, 0.4) is 0 Å². The van der Waals surface area contributed by atoms with Crippen LogP contribution in [-0.2, 0) is 11.2 Å². The number of aromatic nitrogens is 2. The lowest BCUT2D eigenvalue weighted by Crippen LogP contribution is -2.49. The third-order valence-corrected chi connectivity index (χ3v) is 5.51. The quantitative estimate of drug-likeness (QED) is 0.760. The molecule has 0 saturated carbocycles. The molecular weight excluding hydrogens is 372 g/mol. The van der Waals surface area contributed by atoms with Gasteiger partial charge < -0.3 is 9.80 Å². The summed E-state index contributed by atoms with van der Waals surface area (Å²) in [5.41, 5.74) is 3.17. The van der Waals surface area contributed by atoms with E-state index in [0.717, 1.165) is 59.7 Å². The van der Waals surface area contributed by atoms with Gasteiger partial charge in [-0.2, -0.15) is 0 Å². The topological polar surface area (TPSA) is 49.3 Å². The third kappa shape index (κ3) is 4.82. The van der Waals surface area contributed by atoms with Crippen molar-refractivity contribution in [3.8, 4) is 0 Å². The molecule has 150 valence electrons. The number of benzene rings is 1. The Morgan fingerprint density at radius 3 is 2.43 bits per heavy atom. The second-order valence-corrected chi connectivity index (χ2v) is 8.30. The van der Waals surface area contributed by atoms with Crippen LogP contribution in [0.25, 0.3) is 0 Å². The van der Waals surface area contributed by atoms with Gasteiger partial charge >= 0.3 is 0 Å². The minimum absolute atomic E-state index is 0.251. The van der Waals surface area contributed by atoms with Gasteiger partial charge in [0.05, 0.1) is 0 Å². The molecule has 1 aromatic carbocycles. The van der Waals surface area contributed by atoms with Crippen LogP contribution >= 0.6 is 11.6 Å². The Hall–Kier alpha value is -2.14. The summed E-state index contributed by atoms with van der Waals surface area (Å²) < 4.78 is 0. The number of hydrogen-bond acceptors (Lipinski definition) is 4. The van der Waals surface area contributed by atoms with Gasteiger partial charge in [0.25, 0.3) is 0 Å². The first-order chi connectivity index (χ1) is 13.3. The second-order valence-electron chi connectivity index (χ2n) is 7.89. The van der Waals surface area contributed by atoms with Crippen molar-refractivity contribution < 1.29 is 4.79 Å². The standard InChI is InChI=1S/C22H29ClN4O/c1-15(2)13-21(28)26-9-11-27(12-10-26)22-19(16(3)24-17(4)25-22)14-18-7-5-6-8-20(18)23/h5-8,15H,9-14H2,1-4H3. The molecule has 0 atom stereocenters. The molecule has 0 bridgehead atoms. The fourth-order valence-corrected chi connectivity index (χ4v) is 3.87. The van der Waals surface area contributed by atoms with Gasteiger partial charge in [-0.15, -0.1) is 0 Å². The lowest BCUT2D eigenvalue weighted by molar-refractivity contribution is -0.132. The van der Waals surface area contributed by atoms with Crippen LogP contribution in [-0.4, -0.2) is 47.0 Å². The molecule has 0 unspecified atom stereocenters. The van der Waals surface area contributed by atoms with Crippen LogP contribution in [0.15, 0.2) is 24.3 Å². The van der Waals surface area contributed by atoms with Crippen LogP contribution in [0.2, 0.25) is 5.02 Å². The average Bonchev–Trinajstić information content (AvgIpc) is 2.65. The van der Waals surface area contributed by atoms with Gasteiger partial charge in [0.1, 0.15) is 11.6 Å². The number of amides is 1. The zero-order valence-corrected chi connectivity index (χ0v) is 18.0. The lowest BCUT2D eigenvalue weighted by Gasteiger charge is -2.37. The summed E-state index contributed by atoms with van der Waals surface area (Å²) in [6.07, 6.45) is 1.32. The predicted octanol–water partition coefficient (Wildman–Crippen LogP) is 4.03. The Morgan fingerprint density at radius 2 is 1.79 bits per heavy atom. The van der Waals surface area contributed by atoms with E-state index in [1.54, 1.807) is 0 Å². The maximum Gasteiger partial charge on any atom is 0.222 e. The van der Waals surface area contributed by atoms with Crippen molar-refractivity contribution in [2.24, 2.45) is 5.92 Å². The molecule has 3 rings (SSSR count). The van der Waals surface area contributed by atoms with E-state index in [4.69, 9.17) is 16.6 Å². The Morgan fingerprint density at radius 1 is 1.11 bits per heavy atom. The smallest absolute Gasteiger partial charge is 0.222 e. The van der Waals surface area contributed by atoms with Crippen molar-refractivity contribution in [3.63, 3.8) is 0 Å². The predicted molar refractivity (Wildman–Crippen MR) is 114 cm³/mol. The molecule has 1 aliphatic heterocycles. The first kappa shape index (κ1) is 20.6. The first-order valence-electron chi connectivity index (χ1n) is 9.95. The fraction of sp³-hybridized carbons (Fsp3) is 0.500. The van der Waals surface area contributed by atoms with Crippen LogP contribution in [0.5, 0.6) is 0 Å². The van der Waals surface area contributed by atoms with Crippen LogP contribution in [0.4, 0.5) is 5.82 Å². The molecule has 1 saturated heterocycles. The highest BCUT2D eigenvalue weighted by Crippen LogP contribution is 2.27. The molecule has 0 aliphatic carbocycles. The number of carbonyl (C=O) groups is 1. The number of halogens is 1. The van der Waals surface area contributed by atoms with Crippen molar-refractivity contribution in [1.29, 1.82) is 0 Å². The van der Waals surface area contributed by atoms with Gasteiger partial charge in [-0.3, -0.25) is 4.79 Å². The van der Waals surface area contributed by atoms with E-state index in [-0.39, 0.29) is 5.91 Å². The Balaban J connectivity index is 1.81. The minimum atomic E-state index is 0.251. The highest BCUT2D eigenvalue weighted by Gasteiger charge is 2.25. The maximum atomic E-state index is 12.4. The summed E-state index contributed by atoms with van der Waals surface area (Å²) >= 11 is 6.39. The molecule has 28 heavy (non-hydrogen) atoms. The van der Waals surface area contributed by atoms with Crippen molar-refractivity contribution in [3.05, 3.63) is 51.9 Å². The SMILES string of the molecule is Cc1nc(C)c(Cc2ccccc2Cl)c(N2CCN(C(=O)CC(C)C)CC2)n1. The molecule has 2 heterocycles. The van der Waals surface area contributed by atoms with E-state index in [2.05, 4.69) is 23.7 Å². The molecule has 1 amide bonds. The lowest BCUT2D eigenvalue weighted by atomic mass is 10.0. The number of piperazine rings is 1. The molecule has 1 aromatic heterocycles. The average molecular weight is 401 g/mol. The zero-order valence-electron chi connectivity index (χ0n) is 17.2. The monoisotopic (exact) mass is 400 g/mol. The zero-order chi connectivity index (χ0) is 20.3. The van der Waals surface area contributed by atoms with Crippen molar-refractivity contribution in [1.82, 2.24) is 14.9 Å². The van der Waals surface area contributed by atoms with E-state index in [0.29, 0.717) is 18.8 Å². The number of hydrogen-bond donors (Lipinski definition) is 0. The molecule has 1 aliphatic rings. The van der Waals surface area contributed by atoms with E-state index in [1.165, 1.54) is 0 Å². The van der Waals surface area contributed by atoms with Crippen molar-refractivity contribution in [2.75, 3.05) is 31.1 Å². The molecule has 6 heteroatoms. The van der Waals surface area contributed by atoms with E-state index >= 15 is 0 Å². The van der Waals surface area contributed by atoms with E-state index in [9.17, 15) is 4.79 Å². The maximum absolute atomic E-state index is 12.4. The van der Waals surface area contributed by atoms with E-state index in [1.807, 2.05) is 43.0 Å². The van der Waals surface area contributed by atoms with Crippen LogP contribution in [0, 0.1) is 19.8 Å². The molecule has 2 aromatic rings. The third-order valence-electron chi connectivity index (χ3n) is 5.14. The molecule has 1 fully saturated rings. The minimum Gasteiger partial charge on any atom is -0.353 e. The summed E-state index contributed by atoms with van der Waals surface area (Å²) in [4.78, 5) is 26.0. The van der Waals surface area contributed by atoms with Crippen LogP contribution in [0.1, 0.15) is 42.9 Å². The van der Waals surface area contributed by atoms with Crippen molar-refractivity contribution >= 4 is 23.3 Å². The summed E-state index contributed by atoms with van der Waals surface area (Å²) in [5.74, 6) is 2.38. The fourth-order valence-electron chi connectivity index (χ4n) is 3.66. The van der Waals surface area contributed by atoms with Gasteiger partial charge in [-0.05, 0) is 31.4 Å². The number of aryl methyl sites for hydroxylation is 2. The number of nitrogens with zero attached hydrogens (tertiary/aromatic N) is 4. The van der Waals surface area contributed by atoms with Gasteiger partial charge in [-0.1, -0.05) is 43.6 Å². The normalized spacial score (nSPS) is 14.6. The number of carbonyl (C=O) groups excluding carboxylic acids is 1. The largest absolute Gasteiger partial charge is 0.353 e. The molecular formula is C22H29ClN4O. The second kappa shape index (κ2) is 8.91. The Bertz CT molecular complexity index is 844. The van der Waals surface area contributed by atoms with E-state index < -0.39 is 0 Å². The Kier molecular flexibility index (Phi) is 6.55. The highest BCUT2D eigenvalue weighted by molar-refractivity contribution is 6.31.